The van der Waals surface area contributed by atoms with Crippen LogP contribution in [0.2, 0.25) is 0 Å². The van der Waals surface area contributed by atoms with Crippen molar-refractivity contribution in [3.05, 3.63) is 46.4 Å². The van der Waals surface area contributed by atoms with Crippen molar-refractivity contribution < 1.29 is 0 Å². The van der Waals surface area contributed by atoms with Crippen LogP contribution in [-0.4, -0.2) is 9.97 Å². The van der Waals surface area contributed by atoms with Crippen LogP contribution in [0.4, 0.5) is 0 Å². The Balaban J connectivity index is 2.58. The first-order chi connectivity index (χ1) is 7.16. The lowest BCUT2D eigenvalue weighted by Gasteiger charge is -2.05. The Morgan fingerprint density at radius 1 is 1.27 bits per heavy atom. The molecule has 1 heterocycles. The normalized spacial score (nSPS) is 10.3. The fourth-order valence-electron chi connectivity index (χ4n) is 1.50. The molecule has 15 heavy (non-hydrogen) atoms. The summed E-state index contributed by atoms with van der Waals surface area (Å²) in [4.78, 5) is 7.31. The molecular weight excluding hydrogens is 204 g/mol. The first kappa shape index (κ1) is 10.1. The summed E-state index contributed by atoms with van der Waals surface area (Å²) < 4.78 is 0.657. The molecule has 76 valence electrons. The third-order valence-corrected chi connectivity index (χ3v) is 2.56. The predicted molar refractivity (Wildman–Crippen MR) is 64.3 cm³/mol. The summed E-state index contributed by atoms with van der Waals surface area (Å²) in [5.74, 6) is 0. The van der Waals surface area contributed by atoms with Crippen LogP contribution < -0.4 is 0 Å². The van der Waals surface area contributed by atoms with E-state index in [0.29, 0.717) is 4.64 Å². The summed E-state index contributed by atoms with van der Waals surface area (Å²) in [6.07, 6.45) is 3.52. The fraction of sp³-hybridized carbons (Fsp3) is 0.167. The molecule has 2 nitrogen and oxygen atoms in total. The van der Waals surface area contributed by atoms with E-state index < -0.39 is 0 Å². The molecule has 0 aliphatic rings. The molecule has 2 aromatic rings. The molecule has 0 radical (unpaired) electrons. The maximum absolute atomic E-state index is 4.96. The van der Waals surface area contributed by atoms with E-state index in [2.05, 4.69) is 42.0 Å². The highest BCUT2D eigenvalue weighted by molar-refractivity contribution is 7.71. The average molecular weight is 216 g/mol. The van der Waals surface area contributed by atoms with E-state index in [9.17, 15) is 0 Å². The highest BCUT2D eigenvalue weighted by Gasteiger charge is 2.02. The molecule has 0 saturated heterocycles. The molecule has 0 spiro atoms. The number of aryl methyl sites for hydroxylation is 2. The minimum atomic E-state index is 0.657. The minimum Gasteiger partial charge on any atom is -0.350 e. The molecule has 1 aromatic carbocycles. The van der Waals surface area contributed by atoms with Gasteiger partial charge >= 0.3 is 0 Å². The molecule has 3 heteroatoms. The van der Waals surface area contributed by atoms with Gasteiger partial charge in [-0.15, -0.1) is 0 Å². The standard InChI is InChI=1S/C12H12N2S/c1-8-3-4-9(2)10(5-8)11-6-14-12(15)7-13-11/h3-7H,1-2H3,(H,14,15). The number of benzene rings is 1. The van der Waals surface area contributed by atoms with E-state index in [1.54, 1.807) is 6.20 Å². The van der Waals surface area contributed by atoms with Gasteiger partial charge in [0.1, 0.15) is 4.64 Å². The molecule has 0 fully saturated rings. The van der Waals surface area contributed by atoms with Crippen molar-refractivity contribution in [3.63, 3.8) is 0 Å². The van der Waals surface area contributed by atoms with Gasteiger partial charge in [0.2, 0.25) is 0 Å². The number of nitrogens with zero attached hydrogens (tertiary/aromatic N) is 1. The van der Waals surface area contributed by atoms with Crippen LogP contribution in [0.3, 0.4) is 0 Å². The van der Waals surface area contributed by atoms with Crippen LogP contribution >= 0.6 is 12.2 Å². The average Bonchev–Trinajstić information content (AvgIpc) is 2.23. The lowest BCUT2D eigenvalue weighted by molar-refractivity contribution is 1.18. The van der Waals surface area contributed by atoms with E-state index in [1.165, 1.54) is 11.1 Å². The molecular formula is C12H12N2S. The van der Waals surface area contributed by atoms with Crippen molar-refractivity contribution in [2.24, 2.45) is 0 Å². The number of hydrogen-bond donors (Lipinski definition) is 1. The van der Waals surface area contributed by atoms with E-state index in [1.807, 2.05) is 6.20 Å². The van der Waals surface area contributed by atoms with Gasteiger partial charge in [0.25, 0.3) is 0 Å². The van der Waals surface area contributed by atoms with Gasteiger partial charge in [-0.3, -0.25) is 4.98 Å². The van der Waals surface area contributed by atoms with Crippen molar-refractivity contribution >= 4 is 12.2 Å². The molecule has 0 atom stereocenters. The van der Waals surface area contributed by atoms with Gasteiger partial charge in [0.15, 0.2) is 0 Å². The summed E-state index contributed by atoms with van der Waals surface area (Å²) >= 11 is 4.96. The topological polar surface area (TPSA) is 28.7 Å². The second kappa shape index (κ2) is 3.95. The number of H-pyrrole nitrogens is 1. The molecule has 1 aromatic heterocycles. The van der Waals surface area contributed by atoms with Gasteiger partial charge in [0, 0.05) is 11.8 Å². The second-order valence-electron chi connectivity index (χ2n) is 3.61. The van der Waals surface area contributed by atoms with E-state index >= 15 is 0 Å². The van der Waals surface area contributed by atoms with Crippen LogP contribution in [0, 0.1) is 18.5 Å². The molecule has 2 rings (SSSR count). The smallest absolute Gasteiger partial charge is 0.121 e. The predicted octanol–water partition coefficient (Wildman–Crippen LogP) is 3.42. The van der Waals surface area contributed by atoms with E-state index in [4.69, 9.17) is 12.2 Å². The zero-order valence-corrected chi connectivity index (χ0v) is 9.56. The van der Waals surface area contributed by atoms with Crippen molar-refractivity contribution in [3.8, 4) is 11.3 Å². The van der Waals surface area contributed by atoms with Gasteiger partial charge in [-0.05, 0) is 25.5 Å². The summed E-state index contributed by atoms with van der Waals surface area (Å²) in [6.45, 7) is 4.16. The molecule has 0 amide bonds. The Bertz CT molecular complexity index is 523. The molecule has 0 unspecified atom stereocenters. The Morgan fingerprint density at radius 2 is 2.07 bits per heavy atom. The molecule has 0 aliphatic heterocycles. The number of hydrogen-bond acceptors (Lipinski definition) is 2. The Labute approximate surface area is 94.0 Å². The maximum atomic E-state index is 4.96. The third kappa shape index (κ3) is 2.13. The van der Waals surface area contributed by atoms with Gasteiger partial charge in [-0.2, -0.15) is 0 Å². The summed E-state index contributed by atoms with van der Waals surface area (Å²) in [6, 6.07) is 6.34. The van der Waals surface area contributed by atoms with Crippen LogP contribution in [-0.2, 0) is 0 Å². The lowest BCUT2D eigenvalue weighted by atomic mass is 10.0. The summed E-state index contributed by atoms with van der Waals surface area (Å²) in [5.41, 5.74) is 4.55. The summed E-state index contributed by atoms with van der Waals surface area (Å²) in [5, 5.41) is 0. The van der Waals surface area contributed by atoms with E-state index in [0.717, 1.165) is 11.3 Å². The molecule has 0 bridgehead atoms. The maximum Gasteiger partial charge on any atom is 0.121 e. The lowest BCUT2D eigenvalue weighted by Crippen LogP contribution is -1.89. The van der Waals surface area contributed by atoms with Crippen molar-refractivity contribution in [2.75, 3.05) is 0 Å². The highest BCUT2D eigenvalue weighted by atomic mass is 32.1. The van der Waals surface area contributed by atoms with Gasteiger partial charge in [-0.25, -0.2) is 0 Å². The Kier molecular flexibility index (Phi) is 2.64. The highest BCUT2D eigenvalue weighted by Crippen LogP contribution is 2.21. The molecule has 1 N–H and O–H groups in total. The third-order valence-electron chi connectivity index (χ3n) is 2.34. The molecule has 0 aliphatic carbocycles. The largest absolute Gasteiger partial charge is 0.350 e. The van der Waals surface area contributed by atoms with Crippen molar-refractivity contribution in [1.82, 2.24) is 9.97 Å². The number of aromatic nitrogens is 2. The van der Waals surface area contributed by atoms with Crippen molar-refractivity contribution in [1.29, 1.82) is 0 Å². The van der Waals surface area contributed by atoms with Crippen LogP contribution in [0.1, 0.15) is 11.1 Å². The summed E-state index contributed by atoms with van der Waals surface area (Å²) in [7, 11) is 0. The van der Waals surface area contributed by atoms with E-state index in [-0.39, 0.29) is 0 Å². The SMILES string of the molecule is Cc1ccc(C)c(-c2c[nH]c(=S)cn2)c1. The zero-order valence-electron chi connectivity index (χ0n) is 8.74. The number of nitrogens with one attached hydrogen (secondary N) is 1. The number of aromatic amines is 1. The van der Waals surface area contributed by atoms with Crippen LogP contribution in [0.25, 0.3) is 11.3 Å². The number of rotatable bonds is 1. The van der Waals surface area contributed by atoms with Crippen LogP contribution in [0.15, 0.2) is 30.6 Å². The first-order valence-corrected chi connectivity index (χ1v) is 5.20. The van der Waals surface area contributed by atoms with Crippen molar-refractivity contribution in [2.45, 2.75) is 13.8 Å². The zero-order chi connectivity index (χ0) is 10.8. The fourth-order valence-corrected chi connectivity index (χ4v) is 1.61. The van der Waals surface area contributed by atoms with Gasteiger partial charge < -0.3 is 4.98 Å². The second-order valence-corrected chi connectivity index (χ2v) is 4.05. The first-order valence-electron chi connectivity index (χ1n) is 4.79. The molecule has 0 saturated carbocycles. The minimum absolute atomic E-state index is 0.657. The Morgan fingerprint density at radius 3 is 2.73 bits per heavy atom. The Hall–Kier alpha value is -1.48. The van der Waals surface area contributed by atoms with Crippen LogP contribution in [0.5, 0.6) is 0 Å². The van der Waals surface area contributed by atoms with Gasteiger partial charge in [0.05, 0.1) is 11.9 Å². The monoisotopic (exact) mass is 216 g/mol. The van der Waals surface area contributed by atoms with Gasteiger partial charge in [-0.1, -0.05) is 29.9 Å². The quantitative estimate of drug-likeness (QED) is 0.740.